The van der Waals surface area contributed by atoms with E-state index in [1.54, 1.807) is 0 Å². The third-order valence-electron chi connectivity index (χ3n) is 10.9. The molecule has 0 saturated carbocycles. The molecule has 2 bridgehead atoms. The molecule has 4 aliphatic carbocycles. The second-order valence-corrected chi connectivity index (χ2v) is 13.4. The number of rotatable bonds is 3. The first-order valence-corrected chi connectivity index (χ1v) is 17.1. The highest BCUT2D eigenvalue weighted by Gasteiger charge is 2.28. The molecule has 226 valence electrons. The van der Waals surface area contributed by atoms with Gasteiger partial charge in [0.05, 0.1) is 5.52 Å². The molecular weight excluding hydrogens is 591 g/mol. The zero-order chi connectivity index (χ0) is 32.1. The average molecular weight is 620 g/mol. The first-order valence-electron chi connectivity index (χ1n) is 17.1. The van der Waals surface area contributed by atoms with Crippen LogP contribution in [0.2, 0.25) is 0 Å². The number of para-hydroxylation sites is 1. The van der Waals surface area contributed by atoms with Crippen LogP contribution in [0.15, 0.2) is 175 Å². The van der Waals surface area contributed by atoms with E-state index in [0.29, 0.717) is 0 Å². The molecule has 0 radical (unpaired) electrons. The summed E-state index contributed by atoms with van der Waals surface area (Å²) in [5.74, 6) is 0. The monoisotopic (exact) mass is 619 g/mol. The van der Waals surface area contributed by atoms with Gasteiger partial charge in [0.1, 0.15) is 0 Å². The van der Waals surface area contributed by atoms with Crippen LogP contribution in [0.25, 0.3) is 82.9 Å². The molecule has 1 nitrogen and oxygen atoms in total. The van der Waals surface area contributed by atoms with Crippen molar-refractivity contribution in [2.45, 2.75) is 6.42 Å². The van der Waals surface area contributed by atoms with E-state index in [9.17, 15) is 0 Å². The summed E-state index contributed by atoms with van der Waals surface area (Å²) >= 11 is 0. The smallest absolute Gasteiger partial charge is 0.0708 e. The van der Waals surface area contributed by atoms with Crippen LogP contribution in [-0.2, 0) is 0 Å². The number of hydrogen-bond donors (Lipinski definition) is 0. The maximum atomic E-state index is 4.71. The molecule has 0 N–H and O–H groups in total. The van der Waals surface area contributed by atoms with Crippen LogP contribution < -0.4 is 0 Å². The number of nitrogens with zero attached hydrogens (tertiary/aromatic N) is 1. The van der Waals surface area contributed by atoms with Crippen LogP contribution in [0.3, 0.4) is 0 Å². The summed E-state index contributed by atoms with van der Waals surface area (Å²) in [6, 6.07) is 47.0. The van der Waals surface area contributed by atoms with Gasteiger partial charge in [-0.1, -0.05) is 127 Å². The Kier molecular flexibility index (Phi) is 5.51. The molecule has 49 heavy (non-hydrogen) atoms. The van der Waals surface area contributed by atoms with Crippen molar-refractivity contribution in [2.24, 2.45) is 0 Å². The average Bonchev–Trinajstić information content (AvgIpc) is 3.42. The molecule has 0 unspecified atom stereocenters. The fraction of sp³-hybridized carbons (Fsp3) is 0.0208. The van der Waals surface area contributed by atoms with Gasteiger partial charge in [0.25, 0.3) is 0 Å². The molecule has 0 aliphatic heterocycles. The van der Waals surface area contributed by atoms with Gasteiger partial charge in [-0.05, 0) is 137 Å². The van der Waals surface area contributed by atoms with Crippen LogP contribution in [0.5, 0.6) is 0 Å². The van der Waals surface area contributed by atoms with Crippen molar-refractivity contribution in [3.05, 3.63) is 192 Å². The van der Waals surface area contributed by atoms with E-state index in [0.717, 1.165) is 11.9 Å². The highest BCUT2D eigenvalue weighted by molar-refractivity contribution is 6.19. The Balaban J connectivity index is 1.16. The van der Waals surface area contributed by atoms with Crippen LogP contribution in [0.4, 0.5) is 0 Å². The van der Waals surface area contributed by atoms with Crippen molar-refractivity contribution < 1.29 is 0 Å². The summed E-state index contributed by atoms with van der Waals surface area (Å²) in [7, 11) is 0. The summed E-state index contributed by atoms with van der Waals surface area (Å²) in [4.78, 5) is 4.71. The number of hydrogen-bond acceptors (Lipinski definition) is 1. The molecule has 4 aliphatic rings. The minimum atomic E-state index is 0.908. The number of fused-ring (bicyclic) bond motifs is 8. The molecule has 1 heterocycles. The van der Waals surface area contributed by atoms with E-state index >= 15 is 0 Å². The van der Waals surface area contributed by atoms with Crippen LogP contribution >= 0.6 is 0 Å². The van der Waals surface area contributed by atoms with Crippen molar-refractivity contribution in [1.29, 1.82) is 0 Å². The lowest BCUT2D eigenvalue weighted by atomic mass is 9.87. The van der Waals surface area contributed by atoms with Gasteiger partial charge in [0, 0.05) is 11.6 Å². The molecule has 6 aromatic carbocycles. The lowest BCUT2D eigenvalue weighted by Crippen LogP contribution is -1.93. The molecule has 0 amide bonds. The van der Waals surface area contributed by atoms with Gasteiger partial charge in [0.15, 0.2) is 0 Å². The summed E-state index contributed by atoms with van der Waals surface area (Å²) in [5.41, 5.74) is 21.8. The molecule has 0 atom stereocenters. The van der Waals surface area contributed by atoms with Crippen molar-refractivity contribution in [2.75, 3.05) is 0 Å². The second-order valence-electron chi connectivity index (χ2n) is 13.4. The van der Waals surface area contributed by atoms with Gasteiger partial charge in [0.2, 0.25) is 0 Å². The number of allylic oxidation sites excluding steroid dienone is 10. The number of pyridine rings is 1. The quantitative estimate of drug-likeness (QED) is 0.192. The summed E-state index contributed by atoms with van der Waals surface area (Å²) in [6.07, 6.45) is 14.5. The zero-order valence-corrected chi connectivity index (χ0v) is 26.7. The van der Waals surface area contributed by atoms with Crippen molar-refractivity contribution in [3.63, 3.8) is 0 Å². The number of benzene rings is 6. The zero-order valence-electron chi connectivity index (χ0n) is 26.7. The molecule has 0 spiro atoms. The minimum absolute atomic E-state index is 0.908. The predicted molar refractivity (Wildman–Crippen MR) is 206 cm³/mol. The van der Waals surface area contributed by atoms with Gasteiger partial charge < -0.3 is 0 Å². The first-order chi connectivity index (χ1) is 24.3. The van der Waals surface area contributed by atoms with Gasteiger partial charge in [-0.25, -0.2) is 0 Å². The summed E-state index contributed by atoms with van der Waals surface area (Å²) in [5, 5.41) is 3.81. The Morgan fingerprint density at radius 1 is 0.449 bits per heavy atom. The van der Waals surface area contributed by atoms with E-state index in [2.05, 4.69) is 158 Å². The maximum Gasteiger partial charge on any atom is 0.0708 e. The largest absolute Gasteiger partial charge is 0.256 e. The van der Waals surface area contributed by atoms with E-state index in [-0.39, 0.29) is 0 Å². The molecule has 0 saturated heterocycles. The Morgan fingerprint density at radius 3 is 1.94 bits per heavy atom. The van der Waals surface area contributed by atoms with Gasteiger partial charge in [-0.15, -0.1) is 0 Å². The van der Waals surface area contributed by atoms with Gasteiger partial charge >= 0.3 is 0 Å². The highest BCUT2D eigenvalue weighted by Crippen LogP contribution is 2.51. The van der Waals surface area contributed by atoms with E-state index in [4.69, 9.17) is 4.98 Å². The standard InChI is InChI=1S/C48H29N/c1-2-11-37-36(10-1)40-15-7-9-29-28-46(40)41(37)21-19-33(29)30-25-31(27-32(26-30)35-23-24-49-47-18-6-5-14-42(35)47)34-20-22-45-39-13-4-3-12-38(39)44-17-8-16-43(34)48(44)45/h1-27H,28H2. The molecule has 0 fully saturated rings. The molecule has 7 aromatic rings. The lowest BCUT2D eigenvalue weighted by molar-refractivity contribution is 1.25. The third kappa shape index (κ3) is 3.85. The summed E-state index contributed by atoms with van der Waals surface area (Å²) < 4.78 is 0. The normalized spacial score (nSPS) is 15.1. The fourth-order valence-corrected chi connectivity index (χ4v) is 8.75. The van der Waals surface area contributed by atoms with E-state index < -0.39 is 0 Å². The Morgan fingerprint density at radius 2 is 1.08 bits per heavy atom. The number of aromatic nitrogens is 1. The van der Waals surface area contributed by atoms with E-state index in [1.165, 1.54) is 105 Å². The van der Waals surface area contributed by atoms with Crippen molar-refractivity contribution in [3.8, 4) is 44.5 Å². The van der Waals surface area contributed by atoms with E-state index in [1.807, 2.05) is 6.20 Å². The molecule has 1 aromatic heterocycles. The lowest BCUT2D eigenvalue weighted by Gasteiger charge is -2.16. The summed E-state index contributed by atoms with van der Waals surface area (Å²) in [6.45, 7) is 0. The predicted octanol–water partition coefficient (Wildman–Crippen LogP) is 12.5. The Hall–Kier alpha value is -6.31. The first kappa shape index (κ1) is 26.7. The van der Waals surface area contributed by atoms with Crippen molar-refractivity contribution >= 4 is 38.4 Å². The van der Waals surface area contributed by atoms with Gasteiger partial charge in [-0.2, -0.15) is 0 Å². The maximum absolute atomic E-state index is 4.71. The van der Waals surface area contributed by atoms with Gasteiger partial charge in [-0.3, -0.25) is 4.98 Å². The minimum Gasteiger partial charge on any atom is -0.256 e. The Bertz CT molecular complexity index is 2750. The second kappa shape index (κ2) is 10.1. The molecule has 11 rings (SSSR count). The van der Waals surface area contributed by atoms with Crippen LogP contribution in [0, 0.1) is 0 Å². The Labute approximate surface area is 285 Å². The third-order valence-corrected chi connectivity index (χ3v) is 10.9. The SMILES string of the molecule is C1=CC2=C(c3cc(-c4ccnc5ccccc45)cc(-c4ccc5c6c(cccc46)-c4ccccc4-5)c3)C=CC3=C(C2)C(=C1)c1ccccc13. The van der Waals surface area contributed by atoms with Crippen molar-refractivity contribution in [1.82, 2.24) is 4.98 Å². The van der Waals surface area contributed by atoms with Crippen LogP contribution in [-0.4, -0.2) is 4.98 Å². The molecule has 1 heteroatoms. The van der Waals surface area contributed by atoms with Crippen LogP contribution in [0.1, 0.15) is 23.1 Å². The highest BCUT2D eigenvalue weighted by atomic mass is 14.6. The fourth-order valence-electron chi connectivity index (χ4n) is 8.75. The topological polar surface area (TPSA) is 12.9 Å². The molecular formula is C48H29N.